The summed E-state index contributed by atoms with van der Waals surface area (Å²) in [5.41, 5.74) is 2.50. The largest absolute Gasteiger partial charge is 0.396 e. The summed E-state index contributed by atoms with van der Waals surface area (Å²) < 4.78 is 2.26. The Morgan fingerprint density at radius 3 is 2.73 bits per heavy atom. The summed E-state index contributed by atoms with van der Waals surface area (Å²) in [7, 11) is 0. The molecule has 2 nitrogen and oxygen atoms in total. The Labute approximate surface area is 90.2 Å². The van der Waals surface area contributed by atoms with Crippen LogP contribution < -0.4 is 0 Å². The third-order valence-corrected chi connectivity index (χ3v) is 2.76. The maximum absolute atomic E-state index is 9.04. The van der Waals surface area contributed by atoms with Crippen molar-refractivity contribution < 1.29 is 5.11 Å². The lowest BCUT2D eigenvalue weighted by atomic mass is 10.1. The average Bonchev–Trinajstić information content (AvgIpc) is 2.62. The molecule has 2 rings (SSSR count). The van der Waals surface area contributed by atoms with Crippen LogP contribution in [0.4, 0.5) is 0 Å². The lowest BCUT2D eigenvalue weighted by Gasteiger charge is -2.12. The summed E-state index contributed by atoms with van der Waals surface area (Å²) >= 11 is 0. The van der Waals surface area contributed by atoms with Crippen LogP contribution in [0.2, 0.25) is 0 Å². The molecule has 0 aliphatic carbocycles. The molecule has 1 N–H and O–H groups in total. The van der Waals surface area contributed by atoms with Crippen LogP contribution in [0.25, 0.3) is 10.9 Å². The van der Waals surface area contributed by atoms with Crippen molar-refractivity contribution >= 4 is 10.9 Å². The van der Waals surface area contributed by atoms with E-state index in [2.05, 4.69) is 48.9 Å². The van der Waals surface area contributed by atoms with Gasteiger partial charge in [-0.2, -0.15) is 0 Å². The number of aliphatic hydroxyl groups is 1. The Morgan fingerprint density at radius 1 is 1.27 bits per heavy atom. The molecule has 1 aromatic heterocycles. The van der Waals surface area contributed by atoms with Gasteiger partial charge in [-0.15, -0.1) is 0 Å². The minimum absolute atomic E-state index is 0.211. The van der Waals surface area contributed by atoms with E-state index in [4.69, 9.17) is 5.11 Å². The summed E-state index contributed by atoms with van der Waals surface area (Å²) in [6.07, 6.45) is 2.85. The van der Waals surface area contributed by atoms with Gasteiger partial charge in [0.2, 0.25) is 0 Å². The zero-order chi connectivity index (χ0) is 10.8. The van der Waals surface area contributed by atoms with Gasteiger partial charge in [-0.25, -0.2) is 0 Å². The normalized spacial score (nSPS) is 11.5. The Hall–Kier alpha value is -1.28. The summed E-state index contributed by atoms with van der Waals surface area (Å²) in [4.78, 5) is 0. The molecule has 0 amide bonds. The molecule has 2 heteroatoms. The van der Waals surface area contributed by atoms with Crippen molar-refractivity contribution in [1.82, 2.24) is 4.57 Å². The fourth-order valence-electron chi connectivity index (χ4n) is 2.05. The van der Waals surface area contributed by atoms with E-state index in [-0.39, 0.29) is 6.61 Å². The van der Waals surface area contributed by atoms with E-state index in [0.29, 0.717) is 6.04 Å². The number of benzene rings is 1. The molecule has 0 spiro atoms. The molecule has 0 saturated carbocycles. The number of aromatic nitrogens is 1. The topological polar surface area (TPSA) is 25.2 Å². The molecular formula is C13H17NO. The fourth-order valence-corrected chi connectivity index (χ4v) is 2.05. The second-order valence-corrected chi connectivity index (χ2v) is 4.15. The molecular weight excluding hydrogens is 186 g/mol. The first-order chi connectivity index (χ1) is 7.24. The number of hydrogen-bond acceptors (Lipinski definition) is 1. The highest BCUT2D eigenvalue weighted by Crippen LogP contribution is 2.23. The van der Waals surface area contributed by atoms with Gasteiger partial charge >= 0.3 is 0 Å². The summed E-state index contributed by atoms with van der Waals surface area (Å²) in [5, 5.41) is 10.3. The second-order valence-electron chi connectivity index (χ2n) is 4.15. The van der Waals surface area contributed by atoms with E-state index < -0.39 is 0 Å². The maximum atomic E-state index is 9.04. The molecule has 0 aliphatic heterocycles. The van der Waals surface area contributed by atoms with Gasteiger partial charge in [0.25, 0.3) is 0 Å². The lowest BCUT2D eigenvalue weighted by Crippen LogP contribution is -2.02. The van der Waals surface area contributed by atoms with Crippen molar-refractivity contribution in [1.29, 1.82) is 0 Å². The molecule has 1 aromatic carbocycles. The Kier molecular flexibility index (Phi) is 2.78. The highest BCUT2D eigenvalue weighted by atomic mass is 16.2. The monoisotopic (exact) mass is 203 g/mol. The van der Waals surface area contributed by atoms with Crippen molar-refractivity contribution in [2.45, 2.75) is 26.3 Å². The zero-order valence-corrected chi connectivity index (χ0v) is 9.27. The van der Waals surface area contributed by atoms with Crippen molar-refractivity contribution in [2.75, 3.05) is 6.61 Å². The standard InChI is InChI=1S/C13H17NO/c1-10(2)14-8-6-11-4-3-5-12(7-9-15)13(11)14/h3-6,8,10,15H,7,9H2,1-2H3. The number of rotatable bonds is 3. The third-order valence-electron chi connectivity index (χ3n) is 2.76. The predicted octanol–water partition coefficient (Wildman–Crippen LogP) is 2.76. The van der Waals surface area contributed by atoms with Crippen molar-refractivity contribution in [3.05, 3.63) is 36.0 Å². The Morgan fingerprint density at radius 2 is 2.07 bits per heavy atom. The predicted molar refractivity (Wildman–Crippen MR) is 63.1 cm³/mol. The van der Waals surface area contributed by atoms with Gasteiger partial charge in [-0.3, -0.25) is 0 Å². The molecule has 0 radical (unpaired) electrons. The van der Waals surface area contributed by atoms with Crippen molar-refractivity contribution in [2.24, 2.45) is 0 Å². The molecule has 0 fully saturated rings. The average molecular weight is 203 g/mol. The molecule has 0 saturated heterocycles. The van der Waals surface area contributed by atoms with Crippen LogP contribution >= 0.6 is 0 Å². The molecule has 2 aromatic rings. The van der Waals surface area contributed by atoms with E-state index in [9.17, 15) is 0 Å². The summed E-state index contributed by atoms with van der Waals surface area (Å²) in [5.74, 6) is 0. The van der Waals surface area contributed by atoms with E-state index in [1.165, 1.54) is 16.5 Å². The first-order valence-electron chi connectivity index (χ1n) is 5.43. The van der Waals surface area contributed by atoms with Crippen molar-refractivity contribution in [3.63, 3.8) is 0 Å². The van der Waals surface area contributed by atoms with Gasteiger partial charge < -0.3 is 9.67 Å². The number of fused-ring (bicyclic) bond motifs is 1. The van der Waals surface area contributed by atoms with Gasteiger partial charge in [-0.05, 0) is 37.3 Å². The van der Waals surface area contributed by atoms with Gasteiger partial charge in [0.15, 0.2) is 0 Å². The summed E-state index contributed by atoms with van der Waals surface area (Å²) in [6, 6.07) is 8.86. The van der Waals surface area contributed by atoms with Gasteiger partial charge in [0.05, 0.1) is 5.52 Å². The number of para-hydroxylation sites is 1. The van der Waals surface area contributed by atoms with E-state index >= 15 is 0 Å². The van der Waals surface area contributed by atoms with Gasteiger partial charge in [-0.1, -0.05) is 18.2 Å². The molecule has 80 valence electrons. The Balaban J connectivity index is 2.63. The van der Waals surface area contributed by atoms with Crippen LogP contribution in [0.3, 0.4) is 0 Å². The van der Waals surface area contributed by atoms with Crippen LogP contribution in [-0.4, -0.2) is 16.3 Å². The minimum Gasteiger partial charge on any atom is -0.396 e. The summed E-state index contributed by atoms with van der Waals surface area (Å²) in [6.45, 7) is 4.56. The quantitative estimate of drug-likeness (QED) is 0.815. The molecule has 15 heavy (non-hydrogen) atoms. The number of hydrogen-bond donors (Lipinski definition) is 1. The van der Waals surface area contributed by atoms with Crippen LogP contribution in [0.1, 0.15) is 25.5 Å². The molecule has 1 heterocycles. The van der Waals surface area contributed by atoms with Crippen LogP contribution in [0, 0.1) is 0 Å². The zero-order valence-electron chi connectivity index (χ0n) is 9.27. The maximum Gasteiger partial charge on any atom is 0.0516 e. The molecule has 0 bridgehead atoms. The molecule has 0 unspecified atom stereocenters. The van der Waals surface area contributed by atoms with E-state index in [1.807, 2.05) is 0 Å². The second kappa shape index (κ2) is 4.07. The van der Waals surface area contributed by atoms with E-state index in [1.54, 1.807) is 0 Å². The number of nitrogens with zero attached hydrogens (tertiary/aromatic N) is 1. The van der Waals surface area contributed by atoms with Crippen LogP contribution in [0.5, 0.6) is 0 Å². The third kappa shape index (κ3) is 1.77. The van der Waals surface area contributed by atoms with Gasteiger partial charge in [0, 0.05) is 18.8 Å². The van der Waals surface area contributed by atoms with Gasteiger partial charge in [0.1, 0.15) is 0 Å². The molecule has 0 atom stereocenters. The SMILES string of the molecule is CC(C)n1ccc2cccc(CCO)c21. The fraction of sp³-hybridized carbons (Fsp3) is 0.385. The van der Waals surface area contributed by atoms with E-state index in [0.717, 1.165) is 6.42 Å². The first kappa shape index (κ1) is 10.2. The number of aliphatic hydroxyl groups excluding tert-OH is 1. The highest BCUT2D eigenvalue weighted by molar-refractivity contribution is 5.83. The van der Waals surface area contributed by atoms with Crippen LogP contribution in [-0.2, 0) is 6.42 Å². The van der Waals surface area contributed by atoms with Crippen molar-refractivity contribution in [3.8, 4) is 0 Å². The highest BCUT2D eigenvalue weighted by Gasteiger charge is 2.07. The smallest absolute Gasteiger partial charge is 0.0516 e. The Bertz CT molecular complexity index is 457. The lowest BCUT2D eigenvalue weighted by molar-refractivity contribution is 0.300. The van der Waals surface area contributed by atoms with Crippen LogP contribution in [0.15, 0.2) is 30.5 Å². The first-order valence-corrected chi connectivity index (χ1v) is 5.43. The molecule has 0 aliphatic rings. The minimum atomic E-state index is 0.211.